The molecule has 3 nitrogen and oxygen atoms in total. The van der Waals surface area contributed by atoms with Crippen molar-refractivity contribution in [2.75, 3.05) is 0 Å². The number of hydrogen-bond acceptors (Lipinski definition) is 1. The van der Waals surface area contributed by atoms with Crippen LogP contribution in [0.1, 0.15) is 11.1 Å². The monoisotopic (exact) mass is 375 g/mol. The fourth-order valence-electron chi connectivity index (χ4n) is 2.51. The molecule has 0 saturated heterocycles. The second-order valence-electron chi connectivity index (χ2n) is 4.67. The summed E-state index contributed by atoms with van der Waals surface area (Å²) in [6.07, 6.45) is 2.02. The lowest BCUT2D eigenvalue weighted by molar-refractivity contribution is -0.645. The minimum atomic E-state index is 0. The Morgan fingerprint density at radius 3 is 2.55 bits per heavy atom. The molecule has 0 spiro atoms. The summed E-state index contributed by atoms with van der Waals surface area (Å²) in [6, 6.07) is 16.3. The van der Waals surface area contributed by atoms with Gasteiger partial charge in [-0.1, -0.05) is 24.3 Å². The number of aryl methyl sites for hydroxylation is 2. The average molecular weight is 375 g/mol. The lowest BCUT2D eigenvalue weighted by Crippen LogP contribution is -3.00. The predicted molar refractivity (Wildman–Crippen MR) is 73.9 cm³/mol. The molecule has 0 aliphatic rings. The quantitative estimate of drug-likeness (QED) is 0.423. The Morgan fingerprint density at radius 1 is 1.10 bits per heavy atom. The third-order valence-corrected chi connectivity index (χ3v) is 3.41. The Bertz CT molecular complexity index is 812. The Hall–Kier alpha value is -1.87. The summed E-state index contributed by atoms with van der Waals surface area (Å²) in [4.78, 5) is 0. The SMILES string of the molecule is Cc1ccccc1-n1c[n+](C)c2c(C#N)cccc21.[I-]. The van der Waals surface area contributed by atoms with Crippen LogP contribution in [0.3, 0.4) is 0 Å². The molecule has 0 aliphatic carbocycles. The maximum Gasteiger partial charge on any atom is 0.249 e. The lowest BCUT2D eigenvalue weighted by Gasteiger charge is -2.00. The van der Waals surface area contributed by atoms with Crippen LogP contribution in [0.4, 0.5) is 0 Å². The standard InChI is InChI=1S/C16H14N3.HI/c1-12-6-3-4-8-14(12)19-11-18(2)16-13(10-17)7-5-9-15(16)19;/h3-9,11H,1-2H3;1H/q+1;/p-1. The van der Waals surface area contributed by atoms with E-state index in [0.29, 0.717) is 5.56 Å². The van der Waals surface area contributed by atoms with Crippen LogP contribution in [-0.4, -0.2) is 4.57 Å². The number of fused-ring (bicyclic) bond motifs is 1. The van der Waals surface area contributed by atoms with Crippen LogP contribution < -0.4 is 28.5 Å². The van der Waals surface area contributed by atoms with Gasteiger partial charge < -0.3 is 24.0 Å². The molecule has 0 fully saturated rings. The summed E-state index contributed by atoms with van der Waals surface area (Å²) in [5, 5.41) is 9.22. The zero-order valence-corrected chi connectivity index (χ0v) is 13.5. The topological polar surface area (TPSA) is 32.6 Å². The van der Waals surface area contributed by atoms with Gasteiger partial charge in [0.15, 0.2) is 11.0 Å². The van der Waals surface area contributed by atoms with Crippen molar-refractivity contribution >= 4 is 11.0 Å². The van der Waals surface area contributed by atoms with Crippen LogP contribution in [0, 0.1) is 18.3 Å². The van der Waals surface area contributed by atoms with Gasteiger partial charge >= 0.3 is 0 Å². The Morgan fingerprint density at radius 2 is 1.85 bits per heavy atom. The fourth-order valence-corrected chi connectivity index (χ4v) is 2.51. The van der Waals surface area contributed by atoms with Crippen molar-refractivity contribution in [2.45, 2.75) is 6.92 Å². The van der Waals surface area contributed by atoms with E-state index in [-0.39, 0.29) is 24.0 Å². The summed E-state index contributed by atoms with van der Waals surface area (Å²) in [5.41, 5.74) is 5.07. The summed E-state index contributed by atoms with van der Waals surface area (Å²) in [6.45, 7) is 2.09. The first kappa shape index (κ1) is 14.5. The number of rotatable bonds is 1. The lowest BCUT2D eigenvalue weighted by atomic mass is 10.1. The molecule has 0 amide bonds. The number of nitriles is 1. The fraction of sp³-hybridized carbons (Fsp3) is 0.125. The van der Waals surface area contributed by atoms with Gasteiger partial charge in [-0.3, -0.25) is 0 Å². The van der Waals surface area contributed by atoms with Gasteiger partial charge in [-0.2, -0.15) is 9.83 Å². The number of benzene rings is 2. The van der Waals surface area contributed by atoms with Gasteiger partial charge in [-0.25, -0.2) is 4.57 Å². The number of imidazole rings is 1. The van der Waals surface area contributed by atoms with Crippen LogP contribution in [0.25, 0.3) is 16.7 Å². The molecule has 1 aromatic heterocycles. The van der Waals surface area contributed by atoms with Crippen molar-refractivity contribution in [2.24, 2.45) is 7.05 Å². The van der Waals surface area contributed by atoms with Gasteiger partial charge in [0.2, 0.25) is 6.33 Å². The number of halogens is 1. The van der Waals surface area contributed by atoms with E-state index >= 15 is 0 Å². The first-order valence-corrected chi connectivity index (χ1v) is 6.18. The maximum atomic E-state index is 9.22. The molecule has 0 atom stereocenters. The first-order chi connectivity index (χ1) is 9.22. The molecule has 0 radical (unpaired) electrons. The Balaban J connectivity index is 0.00000147. The van der Waals surface area contributed by atoms with E-state index in [9.17, 15) is 5.26 Å². The highest BCUT2D eigenvalue weighted by atomic mass is 127. The molecule has 20 heavy (non-hydrogen) atoms. The zero-order valence-electron chi connectivity index (χ0n) is 11.3. The number of para-hydroxylation sites is 2. The molecular weight excluding hydrogens is 361 g/mol. The molecule has 100 valence electrons. The van der Waals surface area contributed by atoms with Gasteiger partial charge in [-0.05, 0) is 30.7 Å². The Kier molecular flexibility index (Phi) is 4.09. The highest BCUT2D eigenvalue weighted by molar-refractivity contribution is 5.80. The van der Waals surface area contributed by atoms with Gasteiger partial charge in [0, 0.05) is 0 Å². The Labute approximate surface area is 135 Å². The smallest absolute Gasteiger partial charge is 0.249 e. The van der Waals surface area contributed by atoms with Crippen LogP contribution in [-0.2, 0) is 7.05 Å². The van der Waals surface area contributed by atoms with E-state index < -0.39 is 0 Å². The molecule has 4 heteroatoms. The summed E-state index contributed by atoms with van der Waals surface area (Å²) in [5.74, 6) is 0. The minimum Gasteiger partial charge on any atom is -1.00 e. The highest BCUT2D eigenvalue weighted by Gasteiger charge is 2.18. The second-order valence-corrected chi connectivity index (χ2v) is 4.67. The number of hydrogen-bond donors (Lipinski definition) is 0. The van der Waals surface area contributed by atoms with Gasteiger partial charge in [0.05, 0.1) is 7.05 Å². The minimum absolute atomic E-state index is 0. The second kappa shape index (κ2) is 5.63. The van der Waals surface area contributed by atoms with Crippen molar-refractivity contribution in [1.82, 2.24) is 4.57 Å². The van der Waals surface area contributed by atoms with Crippen molar-refractivity contribution in [3.05, 3.63) is 59.9 Å². The van der Waals surface area contributed by atoms with Crippen LogP contribution in [0.5, 0.6) is 0 Å². The largest absolute Gasteiger partial charge is 1.00 e. The molecule has 0 unspecified atom stereocenters. The molecule has 1 heterocycles. The summed E-state index contributed by atoms with van der Waals surface area (Å²) < 4.78 is 4.13. The van der Waals surface area contributed by atoms with Crippen LogP contribution >= 0.6 is 0 Å². The van der Waals surface area contributed by atoms with Crippen molar-refractivity contribution in [3.63, 3.8) is 0 Å². The molecule has 3 aromatic rings. The molecule has 0 saturated carbocycles. The van der Waals surface area contributed by atoms with Crippen LogP contribution in [0.2, 0.25) is 0 Å². The molecule has 2 aromatic carbocycles. The third-order valence-electron chi connectivity index (χ3n) is 3.41. The third kappa shape index (κ3) is 2.18. The highest BCUT2D eigenvalue weighted by Crippen LogP contribution is 2.21. The van der Waals surface area contributed by atoms with Gasteiger partial charge in [0.1, 0.15) is 17.3 Å². The maximum absolute atomic E-state index is 9.22. The average Bonchev–Trinajstić information content (AvgIpc) is 2.77. The van der Waals surface area contributed by atoms with E-state index in [4.69, 9.17) is 0 Å². The first-order valence-electron chi connectivity index (χ1n) is 6.18. The molecule has 0 N–H and O–H groups in total. The number of aromatic nitrogens is 2. The number of nitrogens with zero attached hydrogens (tertiary/aromatic N) is 3. The summed E-state index contributed by atoms with van der Waals surface area (Å²) in [7, 11) is 1.97. The van der Waals surface area contributed by atoms with E-state index in [0.717, 1.165) is 16.7 Å². The van der Waals surface area contributed by atoms with Crippen molar-refractivity contribution in [3.8, 4) is 11.8 Å². The van der Waals surface area contributed by atoms with Crippen molar-refractivity contribution < 1.29 is 28.5 Å². The van der Waals surface area contributed by atoms with E-state index in [1.54, 1.807) is 0 Å². The predicted octanol–water partition coefficient (Wildman–Crippen LogP) is -0.361. The molecule has 3 rings (SSSR count). The zero-order chi connectivity index (χ0) is 13.4. The van der Waals surface area contributed by atoms with Crippen LogP contribution in [0.15, 0.2) is 48.8 Å². The van der Waals surface area contributed by atoms with E-state index in [1.807, 2.05) is 48.3 Å². The molecular formula is C16H14IN3. The van der Waals surface area contributed by atoms with Gasteiger partial charge in [-0.15, -0.1) is 0 Å². The van der Waals surface area contributed by atoms with E-state index in [1.165, 1.54) is 5.56 Å². The summed E-state index contributed by atoms with van der Waals surface area (Å²) >= 11 is 0. The van der Waals surface area contributed by atoms with Gasteiger partial charge in [0.25, 0.3) is 0 Å². The normalized spacial score (nSPS) is 10.1. The molecule has 0 bridgehead atoms. The van der Waals surface area contributed by atoms with E-state index in [2.05, 4.69) is 29.7 Å². The molecule has 0 aliphatic heterocycles. The van der Waals surface area contributed by atoms with Crippen molar-refractivity contribution in [1.29, 1.82) is 5.26 Å².